The van der Waals surface area contributed by atoms with Crippen molar-refractivity contribution < 1.29 is 19.4 Å². The van der Waals surface area contributed by atoms with E-state index in [0.29, 0.717) is 5.75 Å². The molecular formula is C12H16FNO3S. The van der Waals surface area contributed by atoms with Crippen LogP contribution in [0.1, 0.15) is 25.0 Å². The van der Waals surface area contributed by atoms with Gasteiger partial charge >= 0.3 is 0 Å². The number of anilines is 1. The monoisotopic (exact) mass is 273 g/mol. The summed E-state index contributed by atoms with van der Waals surface area (Å²) in [6, 6.07) is 4.26. The molecule has 4 nitrogen and oxygen atoms in total. The fraction of sp³-hybridized carbons (Fsp3) is 0.417. The van der Waals surface area contributed by atoms with Crippen molar-refractivity contribution in [3.05, 3.63) is 29.6 Å². The molecule has 6 heteroatoms. The van der Waals surface area contributed by atoms with Gasteiger partial charge in [-0.15, -0.1) is 0 Å². The van der Waals surface area contributed by atoms with Gasteiger partial charge in [0, 0.05) is 18.2 Å². The van der Waals surface area contributed by atoms with Crippen molar-refractivity contribution in [2.45, 2.75) is 25.6 Å². The maximum Gasteiger partial charge on any atom is 0.185 e. The number of hydrogen-bond acceptors (Lipinski definition) is 5. The molecule has 0 saturated heterocycles. The van der Waals surface area contributed by atoms with Crippen molar-refractivity contribution in [1.82, 2.24) is 0 Å². The van der Waals surface area contributed by atoms with Gasteiger partial charge in [-0.25, -0.2) is 4.39 Å². The van der Waals surface area contributed by atoms with Gasteiger partial charge in [0.2, 0.25) is 0 Å². The first kappa shape index (κ1) is 14.9. The molecule has 0 aliphatic heterocycles. The number of thioether (sulfide) groups is 1. The third-order valence-corrected chi connectivity index (χ3v) is 3.31. The Morgan fingerprint density at radius 3 is 2.78 bits per heavy atom. The van der Waals surface area contributed by atoms with Gasteiger partial charge in [0.15, 0.2) is 10.9 Å². The molecule has 1 rings (SSSR count). The summed E-state index contributed by atoms with van der Waals surface area (Å²) in [5.41, 5.74) is 5.28. The summed E-state index contributed by atoms with van der Waals surface area (Å²) in [4.78, 5) is 10.7. The quantitative estimate of drug-likeness (QED) is 0.708. The Morgan fingerprint density at radius 1 is 1.50 bits per heavy atom. The van der Waals surface area contributed by atoms with Crippen LogP contribution in [-0.4, -0.2) is 27.2 Å². The lowest BCUT2D eigenvalue weighted by Gasteiger charge is -2.18. The van der Waals surface area contributed by atoms with Crippen molar-refractivity contribution in [1.29, 1.82) is 0 Å². The third-order valence-electron chi connectivity index (χ3n) is 2.46. The Bertz CT molecular complexity index is 428. The Hall–Kier alpha value is -1.11. The second-order valence-electron chi connectivity index (χ2n) is 3.89. The van der Waals surface area contributed by atoms with E-state index in [1.165, 1.54) is 25.1 Å². The van der Waals surface area contributed by atoms with E-state index in [0.717, 1.165) is 11.8 Å². The highest BCUT2D eigenvalue weighted by atomic mass is 32.2. The minimum atomic E-state index is -1.35. The first-order chi connectivity index (χ1) is 8.43. The largest absolute Gasteiger partial charge is 0.396 e. The van der Waals surface area contributed by atoms with Gasteiger partial charge in [0.25, 0.3) is 0 Å². The molecule has 0 amide bonds. The number of hydrogen-bond donors (Lipinski definition) is 3. The summed E-state index contributed by atoms with van der Waals surface area (Å²) in [7, 11) is 0. The van der Waals surface area contributed by atoms with Crippen LogP contribution in [0.2, 0.25) is 0 Å². The Balaban J connectivity index is 2.65. The maximum absolute atomic E-state index is 13.6. The SMILES string of the molecule is CC(=O)SCCC(O)C(O)c1cccc(N)c1F. The van der Waals surface area contributed by atoms with Crippen molar-refractivity contribution >= 4 is 22.6 Å². The van der Waals surface area contributed by atoms with Gasteiger partial charge < -0.3 is 15.9 Å². The second-order valence-corrected chi connectivity index (χ2v) is 5.16. The van der Waals surface area contributed by atoms with Gasteiger partial charge in [0.1, 0.15) is 6.10 Å². The van der Waals surface area contributed by atoms with Crippen LogP contribution in [0.15, 0.2) is 18.2 Å². The number of nitrogen functional groups attached to an aromatic ring is 1. The number of nitrogens with two attached hydrogens (primary N) is 1. The lowest BCUT2D eigenvalue weighted by Crippen LogP contribution is -2.20. The molecule has 1 aromatic rings. The van der Waals surface area contributed by atoms with E-state index in [-0.39, 0.29) is 22.8 Å². The van der Waals surface area contributed by atoms with Gasteiger partial charge in [-0.2, -0.15) is 0 Å². The molecule has 0 aromatic heterocycles. The van der Waals surface area contributed by atoms with Crippen LogP contribution in [-0.2, 0) is 4.79 Å². The van der Waals surface area contributed by atoms with Crippen LogP contribution in [0.4, 0.5) is 10.1 Å². The first-order valence-corrected chi connectivity index (χ1v) is 6.45. The smallest absolute Gasteiger partial charge is 0.185 e. The molecule has 0 fully saturated rings. The summed E-state index contributed by atoms with van der Waals surface area (Å²) in [6.45, 7) is 1.42. The number of rotatable bonds is 5. The third kappa shape index (κ3) is 3.97. The first-order valence-electron chi connectivity index (χ1n) is 5.47. The normalized spacial score (nSPS) is 14.2. The number of carbonyl (C=O) groups excluding carboxylic acids is 1. The highest BCUT2D eigenvalue weighted by Gasteiger charge is 2.22. The minimum Gasteiger partial charge on any atom is -0.396 e. The maximum atomic E-state index is 13.6. The van der Waals surface area contributed by atoms with Crippen LogP contribution in [0.25, 0.3) is 0 Å². The molecule has 0 heterocycles. The standard InChI is InChI=1S/C12H16FNO3S/c1-7(15)18-6-5-10(16)12(17)8-3-2-4-9(14)11(8)13/h2-4,10,12,16-17H,5-6,14H2,1H3. The minimum absolute atomic E-state index is 0.0321. The number of aliphatic hydroxyl groups excluding tert-OH is 2. The molecule has 2 unspecified atom stereocenters. The average Bonchev–Trinajstić information content (AvgIpc) is 2.31. The number of carbonyl (C=O) groups is 1. The van der Waals surface area contributed by atoms with Crippen LogP contribution in [0, 0.1) is 5.82 Å². The predicted octanol–water partition coefficient (Wildman–Crippen LogP) is 1.47. The summed E-state index contributed by atoms with van der Waals surface area (Å²) >= 11 is 1.05. The molecule has 0 aliphatic carbocycles. The lowest BCUT2D eigenvalue weighted by molar-refractivity contribution is -0.109. The Kier molecular flexibility index (Phi) is 5.58. The Morgan fingerprint density at radius 2 is 2.17 bits per heavy atom. The van der Waals surface area contributed by atoms with Crippen LogP contribution in [0.3, 0.4) is 0 Å². The van der Waals surface area contributed by atoms with Crippen molar-refractivity contribution in [3.63, 3.8) is 0 Å². The summed E-state index contributed by atoms with van der Waals surface area (Å²) < 4.78 is 13.6. The fourth-order valence-electron chi connectivity index (χ4n) is 1.49. The predicted molar refractivity (Wildman–Crippen MR) is 69.5 cm³/mol. The van der Waals surface area contributed by atoms with E-state index in [1.54, 1.807) is 0 Å². The van der Waals surface area contributed by atoms with Gasteiger partial charge in [-0.3, -0.25) is 4.79 Å². The van der Waals surface area contributed by atoms with Crippen LogP contribution in [0.5, 0.6) is 0 Å². The molecule has 0 bridgehead atoms. The Labute approximate surface area is 109 Å². The van der Waals surface area contributed by atoms with Gasteiger partial charge in [-0.05, 0) is 12.5 Å². The van der Waals surface area contributed by atoms with Crippen molar-refractivity contribution in [2.75, 3.05) is 11.5 Å². The van der Waals surface area contributed by atoms with E-state index in [4.69, 9.17) is 5.73 Å². The van der Waals surface area contributed by atoms with Gasteiger partial charge in [-0.1, -0.05) is 23.9 Å². The van der Waals surface area contributed by atoms with E-state index in [9.17, 15) is 19.4 Å². The fourth-order valence-corrected chi connectivity index (χ4v) is 2.13. The zero-order valence-corrected chi connectivity index (χ0v) is 10.8. The van der Waals surface area contributed by atoms with Crippen LogP contribution < -0.4 is 5.73 Å². The molecule has 18 heavy (non-hydrogen) atoms. The zero-order chi connectivity index (χ0) is 13.7. The highest BCUT2D eigenvalue weighted by molar-refractivity contribution is 8.13. The summed E-state index contributed by atoms with van der Waals surface area (Å²) in [5, 5.41) is 19.5. The van der Waals surface area contributed by atoms with Crippen molar-refractivity contribution in [2.24, 2.45) is 0 Å². The number of benzene rings is 1. The summed E-state index contributed by atoms with van der Waals surface area (Å²) in [5.74, 6) is -0.347. The van der Waals surface area contributed by atoms with Crippen molar-refractivity contribution in [3.8, 4) is 0 Å². The summed E-state index contributed by atoms with van der Waals surface area (Å²) in [6.07, 6.45) is -2.28. The highest BCUT2D eigenvalue weighted by Crippen LogP contribution is 2.25. The molecule has 0 aliphatic rings. The van der Waals surface area contributed by atoms with E-state index < -0.39 is 18.0 Å². The van der Waals surface area contributed by atoms with E-state index in [2.05, 4.69) is 0 Å². The van der Waals surface area contributed by atoms with Gasteiger partial charge in [0.05, 0.1) is 11.8 Å². The molecule has 0 radical (unpaired) electrons. The average molecular weight is 273 g/mol. The molecular weight excluding hydrogens is 257 g/mol. The zero-order valence-electron chi connectivity index (χ0n) is 9.97. The topological polar surface area (TPSA) is 83.5 Å². The van der Waals surface area contributed by atoms with E-state index in [1.807, 2.05) is 0 Å². The number of aliphatic hydroxyl groups is 2. The molecule has 0 saturated carbocycles. The molecule has 2 atom stereocenters. The molecule has 1 aromatic carbocycles. The van der Waals surface area contributed by atoms with Crippen LogP contribution >= 0.6 is 11.8 Å². The van der Waals surface area contributed by atoms with E-state index >= 15 is 0 Å². The molecule has 4 N–H and O–H groups in total. The number of halogens is 1. The lowest BCUT2D eigenvalue weighted by atomic mass is 10.0. The second kappa shape index (κ2) is 6.72. The molecule has 100 valence electrons. The molecule has 0 spiro atoms.